The van der Waals surface area contributed by atoms with Crippen LogP contribution in [0.25, 0.3) is 0 Å². The average Bonchev–Trinajstić information content (AvgIpc) is 3.10. The van der Waals surface area contributed by atoms with Crippen LogP contribution >= 0.6 is 0 Å². The SMILES string of the molecule is OC1CCCC(CNCc2cncn2C2CC2)C1. The van der Waals surface area contributed by atoms with Crippen molar-refractivity contribution in [2.45, 2.75) is 57.2 Å². The van der Waals surface area contributed by atoms with Gasteiger partial charge in [-0.1, -0.05) is 6.42 Å². The summed E-state index contributed by atoms with van der Waals surface area (Å²) in [6.07, 6.45) is 10.9. The molecule has 2 aliphatic carbocycles. The first-order valence-corrected chi connectivity index (χ1v) is 7.22. The molecule has 0 aromatic carbocycles. The number of nitrogens with zero attached hydrogens (tertiary/aromatic N) is 2. The monoisotopic (exact) mass is 249 g/mol. The molecule has 4 heteroatoms. The largest absolute Gasteiger partial charge is 0.393 e. The van der Waals surface area contributed by atoms with Gasteiger partial charge in [-0.15, -0.1) is 0 Å². The van der Waals surface area contributed by atoms with Crippen LogP contribution < -0.4 is 5.32 Å². The fraction of sp³-hybridized carbons (Fsp3) is 0.786. The number of aliphatic hydroxyl groups is 1. The van der Waals surface area contributed by atoms with Crippen LogP contribution in [-0.2, 0) is 6.54 Å². The van der Waals surface area contributed by atoms with Gasteiger partial charge in [0, 0.05) is 18.8 Å². The van der Waals surface area contributed by atoms with Crippen LogP contribution in [0.15, 0.2) is 12.5 Å². The van der Waals surface area contributed by atoms with E-state index >= 15 is 0 Å². The number of aliphatic hydroxyl groups excluding tert-OH is 1. The van der Waals surface area contributed by atoms with E-state index in [0.29, 0.717) is 12.0 Å². The lowest BCUT2D eigenvalue weighted by atomic mass is 9.87. The summed E-state index contributed by atoms with van der Waals surface area (Å²) in [5, 5.41) is 13.2. The summed E-state index contributed by atoms with van der Waals surface area (Å²) in [4.78, 5) is 4.24. The van der Waals surface area contributed by atoms with Gasteiger partial charge in [-0.25, -0.2) is 4.98 Å². The van der Waals surface area contributed by atoms with Gasteiger partial charge in [0.2, 0.25) is 0 Å². The summed E-state index contributed by atoms with van der Waals surface area (Å²) in [5.74, 6) is 0.644. The molecule has 3 rings (SSSR count). The summed E-state index contributed by atoms with van der Waals surface area (Å²) in [6, 6.07) is 0.709. The molecule has 0 amide bonds. The van der Waals surface area contributed by atoms with Gasteiger partial charge < -0.3 is 15.0 Å². The quantitative estimate of drug-likeness (QED) is 0.837. The maximum absolute atomic E-state index is 9.65. The second-order valence-corrected chi connectivity index (χ2v) is 5.84. The van der Waals surface area contributed by atoms with Gasteiger partial charge in [0.25, 0.3) is 0 Å². The predicted octanol–water partition coefficient (Wildman–Crippen LogP) is 1.86. The maximum atomic E-state index is 9.65. The lowest BCUT2D eigenvalue weighted by Gasteiger charge is -2.26. The fourth-order valence-electron chi connectivity index (χ4n) is 3.00. The van der Waals surface area contributed by atoms with Crippen molar-refractivity contribution in [2.75, 3.05) is 6.54 Å². The van der Waals surface area contributed by atoms with Gasteiger partial charge in [0.15, 0.2) is 0 Å². The van der Waals surface area contributed by atoms with Crippen molar-refractivity contribution in [1.29, 1.82) is 0 Å². The molecule has 100 valence electrons. The van der Waals surface area contributed by atoms with Crippen molar-refractivity contribution in [3.05, 3.63) is 18.2 Å². The Morgan fingerprint density at radius 1 is 1.33 bits per heavy atom. The van der Waals surface area contributed by atoms with Crippen molar-refractivity contribution < 1.29 is 5.11 Å². The molecule has 1 aromatic heterocycles. The number of imidazole rings is 1. The van der Waals surface area contributed by atoms with E-state index < -0.39 is 0 Å². The molecule has 0 bridgehead atoms. The van der Waals surface area contributed by atoms with Crippen molar-refractivity contribution in [3.8, 4) is 0 Å². The van der Waals surface area contributed by atoms with Crippen LogP contribution in [0.3, 0.4) is 0 Å². The second-order valence-electron chi connectivity index (χ2n) is 5.84. The van der Waals surface area contributed by atoms with E-state index in [1.165, 1.54) is 31.4 Å². The van der Waals surface area contributed by atoms with Crippen molar-refractivity contribution in [3.63, 3.8) is 0 Å². The Hall–Kier alpha value is -0.870. The molecule has 0 radical (unpaired) electrons. The molecule has 2 N–H and O–H groups in total. The molecule has 0 aliphatic heterocycles. The van der Waals surface area contributed by atoms with Crippen molar-refractivity contribution in [2.24, 2.45) is 5.92 Å². The Morgan fingerprint density at radius 3 is 3.00 bits per heavy atom. The van der Waals surface area contributed by atoms with Gasteiger partial charge >= 0.3 is 0 Å². The molecule has 1 heterocycles. The molecular weight excluding hydrogens is 226 g/mol. The molecule has 2 fully saturated rings. The number of hydrogen-bond donors (Lipinski definition) is 2. The van der Waals surface area contributed by atoms with Crippen LogP contribution in [0, 0.1) is 5.92 Å². The maximum Gasteiger partial charge on any atom is 0.0951 e. The zero-order valence-corrected chi connectivity index (χ0v) is 10.9. The van der Waals surface area contributed by atoms with E-state index in [9.17, 15) is 5.11 Å². The number of aromatic nitrogens is 2. The zero-order valence-electron chi connectivity index (χ0n) is 10.9. The Morgan fingerprint density at radius 2 is 2.22 bits per heavy atom. The third-order valence-corrected chi connectivity index (χ3v) is 4.18. The topological polar surface area (TPSA) is 50.1 Å². The van der Waals surface area contributed by atoms with Crippen LogP contribution in [0.5, 0.6) is 0 Å². The van der Waals surface area contributed by atoms with Gasteiger partial charge in [-0.05, 0) is 44.6 Å². The highest BCUT2D eigenvalue weighted by atomic mass is 16.3. The molecular formula is C14H23N3O. The summed E-state index contributed by atoms with van der Waals surface area (Å²) in [5.41, 5.74) is 1.30. The van der Waals surface area contributed by atoms with Gasteiger partial charge in [-0.3, -0.25) is 0 Å². The van der Waals surface area contributed by atoms with Gasteiger partial charge in [0.05, 0.1) is 18.1 Å². The molecule has 2 aliphatic rings. The molecule has 0 saturated heterocycles. The predicted molar refractivity (Wildman–Crippen MR) is 70.2 cm³/mol. The highest BCUT2D eigenvalue weighted by molar-refractivity contribution is 5.03. The van der Waals surface area contributed by atoms with Crippen LogP contribution in [-0.4, -0.2) is 27.3 Å². The molecule has 2 unspecified atom stereocenters. The van der Waals surface area contributed by atoms with Crippen LogP contribution in [0.1, 0.15) is 50.3 Å². The molecule has 1 aromatic rings. The first-order valence-electron chi connectivity index (χ1n) is 7.22. The third-order valence-electron chi connectivity index (χ3n) is 4.18. The number of rotatable bonds is 5. The first kappa shape index (κ1) is 12.2. The van der Waals surface area contributed by atoms with Gasteiger partial charge in [-0.2, -0.15) is 0 Å². The summed E-state index contributed by atoms with van der Waals surface area (Å²) in [6.45, 7) is 1.93. The van der Waals surface area contributed by atoms with E-state index in [0.717, 1.165) is 25.9 Å². The fourth-order valence-corrected chi connectivity index (χ4v) is 3.00. The summed E-state index contributed by atoms with van der Waals surface area (Å²) < 4.78 is 2.31. The van der Waals surface area contributed by atoms with Crippen molar-refractivity contribution >= 4 is 0 Å². The summed E-state index contributed by atoms with van der Waals surface area (Å²) >= 11 is 0. The van der Waals surface area contributed by atoms with Crippen LogP contribution in [0.4, 0.5) is 0 Å². The van der Waals surface area contributed by atoms with E-state index in [-0.39, 0.29) is 6.10 Å². The Balaban J connectivity index is 1.45. The second kappa shape index (κ2) is 5.41. The molecule has 4 nitrogen and oxygen atoms in total. The molecule has 18 heavy (non-hydrogen) atoms. The van der Waals surface area contributed by atoms with E-state index in [1.807, 2.05) is 12.5 Å². The standard InChI is InChI=1S/C14H23N3O/c18-14-3-1-2-11(6-14)7-15-8-13-9-16-10-17(13)12-4-5-12/h9-12,14-15,18H,1-8H2. The highest BCUT2D eigenvalue weighted by Crippen LogP contribution is 2.35. The number of hydrogen-bond acceptors (Lipinski definition) is 3. The van der Waals surface area contributed by atoms with Crippen LogP contribution in [0.2, 0.25) is 0 Å². The molecule has 2 saturated carbocycles. The lowest BCUT2D eigenvalue weighted by Crippen LogP contribution is -2.29. The van der Waals surface area contributed by atoms with E-state index in [2.05, 4.69) is 14.9 Å². The molecule has 0 spiro atoms. The Bertz CT molecular complexity index is 386. The minimum Gasteiger partial charge on any atom is -0.393 e. The van der Waals surface area contributed by atoms with E-state index in [1.54, 1.807) is 0 Å². The van der Waals surface area contributed by atoms with Gasteiger partial charge in [0.1, 0.15) is 0 Å². The van der Waals surface area contributed by atoms with Crippen molar-refractivity contribution in [1.82, 2.24) is 14.9 Å². The zero-order chi connectivity index (χ0) is 12.4. The highest BCUT2D eigenvalue weighted by Gasteiger charge is 2.25. The minimum atomic E-state index is -0.0671. The Kier molecular flexibility index (Phi) is 3.66. The molecule has 2 atom stereocenters. The number of nitrogens with one attached hydrogen (secondary N) is 1. The smallest absolute Gasteiger partial charge is 0.0951 e. The van der Waals surface area contributed by atoms with E-state index in [4.69, 9.17) is 0 Å². The third kappa shape index (κ3) is 2.93. The average molecular weight is 249 g/mol. The summed E-state index contributed by atoms with van der Waals surface area (Å²) in [7, 11) is 0. The normalized spacial score (nSPS) is 28.5. The Labute approximate surface area is 108 Å². The first-order chi connectivity index (χ1) is 8.83. The minimum absolute atomic E-state index is 0.0671. The lowest BCUT2D eigenvalue weighted by molar-refractivity contribution is 0.100.